The van der Waals surface area contributed by atoms with Gasteiger partial charge < -0.3 is 10.6 Å². The maximum Gasteiger partial charge on any atom is 0.191 e. The maximum absolute atomic E-state index is 5.74. The summed E-state index contributed by atoms with van der Waals surface area (Å²) in [6, 6.07) is 4.40. The summed E-state index contributed by atoms with van der Waals surface area (Å²) < 4.78 is 0. The Bertz CT molecular complexity index is 416. The van der Waals surface area contributed by atoms with Crippen molar-refractivity contribution < 1.29 is 0 Å². The van der Waals surface area contributed by atoms with Gasteiger partial charge in [0.2, 0.25) is 0 Å². The van der Waals surface area contributed by atoms with Crippen LogP contribution >= 0.6 is 11.6 Å². The van der Waals surface area contributed by atoms with Crippen molar-refractivity contribution in [3.05, 3.63) is 29.0 Å². The summed E-state index contributed by atoms with van der Waals surface area (Å²) in [4.78, 5) is 8.26. The summed E-state index contributed by atoms with van der Waals surface area (Å²) >= 11 is 5.74. The minimum atomic E-state index is 0.534. The zero-order valence-electron chi connectivity index (χ0n) is 10.8. The molecule has 2 rings (SSSR count). The molecule has 1 aliphatic rings. The minimum absolute atomic E-state index is 0.534. The molecule has 0 aromatic carbocycles. The van der Waals surface area contributed by atoms with Crippen LogP contribution in [0.25, 0.3) is 0 Å². The summed E-state index contributed by atoms with van der Waals surface area (Å²) in [6.07, 6.45) is 3.95. The number of guanidine groups is 1. The van der Waals surface area contributed by atoms with Crippen LogP contribution in [0.1, 0.15) is 18.9 Å². The molecule has 1 aliphatic carbocycles. The van der Waals surface area contributed by atoms with E-state index in [0.717, 1.165) is 24.8 Å². The van der Waals surface area contributed by atoms with Crippen LogP contribution < -0.4 is 10.6 Å². The van der Waals surface area contributed by atoms with Crippen molar-refractivity contribution in [2.75, 3.05) is 13.6 Å². The van der Waals surface area contributed by atoms with Crippen LogP contribution in [0.5, 0.6) is 0 Å². The van der Waals surface area contributed by atoms with E-state index in [2.05, 4.69) is 27.5 Å². The molecule has 5 heteroatoms. The molecule has 0 bridgehead atoms. The first-order chi connectivity index (χ1) is 8.69. The Hall–Kier alpha value is -1.29. The third-order valence-electron chi connectivity index (χ3n) is 3.15. The van der Waals surface area contributed by atoms with Crippen molar-refractivity contribution in [3.63, 3.8) is 0 Å². The van der Waals surface area contributed by atoms with E-state index in [-0.39, 0.29) is 0 Å². The molecule has 0 radical (unpaired) electrons. The van der Waals surface area contributed by atoms with Crippen molar-refractivity contribution in [1.29, 1.82) is 0 Å². The fourth-order valence-corrected chi connectivity index (χ4v) is 1.88. The van der Waals surface area contributed by atoms with Crippen LogP contribution in [0.15, 0.2) is 23.3 Å². The van der Waals surface area contributed by atoms with Crippen LogP contribution in [0, 0.1) is 5.92 Å². The Kier molecular flexibility index (Phi) is 4.42. The highest BCUT2D eigenvalue weighted by atomic mass is 35.5. The van der Waals surface area contributed by atoms with Gasteiger partial charge in [-0.3, -0.25) is 4.99 Å². The molecule has 2 unspecified atom stereocenters. The number of halogens is 1. The molecule has 0 aliphatic heterocycles. The van der Waals surface area contributed by atoms with Gasteiger partial charge in [-0.15, -0.1) is 0 Å². The van der Waals surface area contributed by atoms with Crippen molar-refractivity contribution in [3.8, 4) is 0 Å². The summed E-state index contributed by atoms with van der Waals surface area (Å²) in [6.45, 7) is 3.08. The lowest BCUT2D eigenvalue weighted by Crippen LogP contribution is -2.39. The maximum atomic E-state index is 5.74. The molecule has 0 amide bonds. The second-order valence-electron chi connectivity index (χ2n) is 4.70. The van der Waals surface area contributed by atoms with Crippen molar-refractivity contribution >= 4 is 17.6 Å². The summed E-state index contributed by atoms with van der Waals surface area (Å²) in [5.41, 5.74) is 1.17. The summed E-state index contributed by atoms with van der Waals surface area (Å²) in [5, 5.41) is 7.22. The molecule has 98 valence electrons. The number of nitrogens with one attached hydrogen (secondary N) is 2. The zero-order chi connectivity index (χ0) is 13.0. The van der Waals surface area contributed by atoms with Crippen molar-refractivity contribution in [2.24, 2.45) is 10.9 Å². The molecular weight excluding hydrogens is 248 g/mol. The molecule has 1 saturated carbocycles. The Morgan fingerprint density at radius 3 is 2.89 bits per heavy atom. The predicted octanol–water partition coefficient (Wildman–Crippen LogP) is 1.85. The average molecular weight is 267 g/mol. The predicted molar refractivity (Wildman–Crippen MR) is 75.0 cm³/mol. The van der Waals surface area contributed by atoms with Gasteiger partial charge in [0.15, 0.2) is 5.96 Å². The highest BCUT2D eigenvalue weighted by Gasteiger charge is 2.33. The number of rotatable bonds is 4. The van der Waals surface area contributed by atoms with Gasteiger partial charge in [-0.25, -0.2) is 4.98 Å². The SMILES string of the molecule is CN=C(NCCc1ccc(Cl)nc1)NC1CC1C. The Labute approximate surface area is 113 Å². The molecule has 0 spiro atoms. The fraction of sp³-hybridized carbons (Fsp3) is 0.538. The van der Waals surface area contributed by atoms with E-state index >= 15 is 0 Å². The second kappa shape index (κ2) is 6.05. The third kappa shape index (κ3) is 3.88. The van der Waals surface area contributed by atoms with Crippen LogP contribution in [-0.4, -0.2) is 30.6 Å². The van der Waals surface area contributed by atoms with Gasteiger partial charge in [0.1, 0.15) is 5.15 Å². The van der Waals surface area contributed by atoms with Crippen molar-refractivity contribution in [1.82, 2.24) is 15.6 Å². The standard InChI is InChI=1S/C13H19ClN4/c1-9-7-11(9)18-13(15-2)16-6-5-10-3-4-12(14)17-8-10/h3-4,8-9,11H,5-7H2,1-2H3,(H2,15,16,18). The Balaban J connectivity index is 1.72. The van der Waals surface area contributed by atoms with Gasteiger partial charge >= 0.3 is 0 Å². The first-order valence-electron chi connectivity index (χ1n) is 6.26. The number of aliphatic imine (C=N–C) groups is 1. The topological polar surface area (TPSA) is 49.3 Å². The van der Waals surface area contributed by atoms with Gasteiger partial charge in [0, 0.05) is 25.8 Å². The Morgan fingerprint density at radius 2 is 2.33 bits per heavy atom. The van der Waals surface area contributed by atoms with E-state index in [1.807, 2.05) is 18.3 Å². The smallest absolute Gasteiger partial charge is 0.191 e. The molecule has 1 aromatic rings. The first-order valence-corrected chi connectivity index (χ1v) is 6.64. The zero-order valence-corrected chi connectivity index (χ0v) is 11.5. The molecule has 2 N–H and O–H groups in total. The lowest BCUT2D eigenvalue weighted by atomic mass is 10.2. The summed E-state index contributed by atoms with van der Waals surface area (Å²) in [5.74, 6) is 1.65. The van der Waals surface area contributed by atoms with Crippen LogP contribution in [-0.2, 0) is 6.42 Å². The van der Waals surface area contributed by atoms with Crippen LogP contribution in [0.4, 0.5) is 0 Å². The van der Waals surface area contributed by atoms with E-state index in [9.17, 15) is 0 Å². The molecular formula is C13H19ClN4. The van der Waals surface area contributed by atoms with Gasteiger partial charge in [-0.1, -0.05) is 24.6 Å². The highest BCUT2D eigenvalue weighted by Crippen LogP contribution is 2.28. The van der Waals surface area contributed by atoms with Gasteiger partial charge in [0.05, 0.1) is 0 Å². The average Bonchev–Trinajstić information content (AvgIpc) is 3.06. The first kappa shape index (κ1) is 13.1. The largest absolute Gasteiger partial charge is 0.356 e. The van der Waals surface area contributed by atoms with Gasteiger partial charge in [0.25, 0.3) is 0 Å². The third-order valence-corrected chi connectivity index (χ3v) is 3.37. The molecule has 0 saturated heterocycles. The number of pyridine rings is 1. The van der Waals surface area contributed by atoms with E-state index in [0.29, 0.717) is 11.2 Å². The fourth-order valence-electron chi connectivity index (χ4n) is 1.77. The van der Waals surface area contributed by atoms with E-state index in [4.69, 9.17) is 11.6 Å². The lowest BCUT2D eigenvalue weighted by molar-refractivity contribution is 0.757. The molecule has 2 atom stereocenters. The number of nitrogens with zero attached hydrogens (tertiary/aromatic N) is 2. The quantitative estimate of drug-likeness (QED) is 0.497. The van der Waals surface area contributed by atoms with E-state index in [1.165, 1.54) is 12.0 Å². The molecule has 18 heavy (non-hydrogen) atoms. The monoisotopic (exact) mass is 266 g/mol. The molecule has 4 nitrogen and oxygen atoms in total. The molecule has 1 aromatic heterocycles. The van der Waals surface area contributed by atoms with Gasteiger partial charge in [-0.05, 0) is 30.4 Å². The number of aromatic nitrogens is 1. The molecule has 1 heterocycles. The van der Waals surface area contributed by atoms with E-state index < -0.39 is 0 Å². The van der Waals surface area contributed by atoms with Gasteiger partial charge in [-0.2, -0.15) is 0 Å². The number of hydrogen-bond acceptors (Lipinski definition) is 2. The lowest BCUT2D eigenvalue weighted by Gasteiger charge is -2.11. The number of hydrogen-bond donors (Lipinski definition) is 2. The Morgan fingerprint density at radius 1 is 1.56 bits per heavy atom. The second-order valence-corrected chi connectivity index (χ2v) is 5.09. The van der Waals surface area contributed by atoms with E-state index in [1.54, 1.807) is 7.05 Å². The van der Waals surface area contributed by atoms with Crippen LogP contribution in [0.3, 0.4) is 0 Å². The normalized spacial score (nSPS) is 22.7. The highest BCUT2D eigenvalue weighted by molar-refractivity contribution is 6.29. The summed E-state index contributed by atoms with van der Waals surface area (Å²) in [7, 11) is 1.80. The van der Waals surface area contributed by atoms with Crippen molar-refractivity contribution in [2.45, 2.75) is 25.8 Å². The molecule has 1 fully saturated rings. The van der Waals surface area contributed by atoms with Crippen LogP contribution in [0.2, 0.25) is 5.15 Å². The minimum Gasteiger partial charge on any atom is -0.356 e.